The molecule has 0 radical (unpaired) electrons. The molecule has 2 unspecified atom stereocenters. The molecule has 2 N–H and O–H groups in total. The van der Waals surface area contributed by atoms with Crippen molar-refractivity contribution in [2.24, 2.45) is 5.92 Å². The molecule has 23 heavy (non-hydrogen) atoms. The number of amides is 2. The second-order valence-corrected chi connectivity index (χ2v) is 6.05. The van der Waals surface area contributed by atoms with E-state index in [1.54, 1.807) is 24.5 Å². The Labute approximate surface area is 135 Å². The molecule has 3 rings (SSSR count). The summed E-state index contributed by atoms with van der Waals surface area (Å²) in [5.74, 6) is -0.401. The third-order valence-electron chi connectivity index (χ3n) is 4.36. The predicted molar refractivity (Wildman–Crippen MR) is 87.8 cm³/mol. The van der Waals surface area contributed by atoms with Crippen LogP contribution in [0.15, 0.2) is 54.9 Å². The Hall–Kier alpha value is -2.69. The molecule has 2 amide bonds. The summed E-state index contributed by atoms with van der Waals surface area (Å²) in [4.78, 5) is 28.0. The van der Waals surface area contributed by atoms with Gasteiger partial charge in [-0.05, 0) is 24.1 Å². The summed E-state index contributed by atoms with van der Waals surface area (Å²) in [7, 11) is 0. The lowest BCUT2D eigenvalue weighted by Crippen LogP contribution is -2.35. The van der Waals surface area contributed by atoms with Crippen molar-refractivity contribution in [1.82, 2.24) is 10.3 Å². The molecule has 0 spiro atoms. The van der Waals surface area contributed by atoms with Crippen LogP contribution in [0.2, 0.25) is 0 Å². The number of pyridine rings is 1. The lowest BCUT2D eigenvalue weighted by atomic mass is 9.95. The highest BCUT2D eigenvalue weighted by molar-refractivity contribution is 5.95. The summed E-state index contributed by atoms with van der Waals surface area (Å²) < 4.78 is 0. The van der Waals surface area contributed by atoms with Crippen LogP contribution in [0.4, 0.5) is 5.69 Å². The summed E-state index contributed by atoms with van der Waals surface area (Å²) in [6.07, 6.45) is 4.01. The Kier molecular flexibility index (Phi) is 4.10. The van der Waals surface area contributed by atoms with Gasteiger partial charge >= 0.3 is 0 Å². The highest BCUT2D eigenvalue weighted by Crippen LogP contribution is 2.53. The quantitative estimate of drug-likeness (QED) is 0.888. The monoisotopic (exact) mass is 309 g/mol. The minimum absolute atomic E-state index is 0.0326. The van der Waals surface area contributed by atoms with E-state index in [0.29, 0.717) is 5.69 Å². The van der Waals surface area contributed by atoms with E-state index in [1.807, 2.05) is 30.3 Å². The summed E-state index contributed by atoms with van der Waals surface area (Å²) >= 11 is 0. The second kappa shape index (κ2) is 6.20. The maximum absolute atomic E-state index is 12.2. The zero-order valence-corrected chi connectivity index (χ0v) is 13.0. The molecular formula is C18H19N3O2. The lowest BCUT2D eigenvalue weighted by Gasteiger charge is -2.12. The van der Waals surface area contributed by atoms with E-state index in [4.69, 9.17) is 0 Å². The molecule has 5 nitrogen and oxygen atoms in total. The molecule has 0 bridgehead atoms. The summed E-state index contributed by atoms with van der Waals surface area (Å²) in [5, 5.41) is 5.41. The van der Waals surface area contributed by atoms with Gasteiger partial charge < -0.3 is 10.6 Å². The second-order valence-electron chi connectivity index (χ2n) is 6.05. The molecule has 1 saturated carbocycles. The van der Waals surface area contributed by atoms with E-state index in [2.05, 4.69) is 22.5 Å². The van der Waals surface area contributed by atoms with Crippen LogP contribution in [0.5, 0.6) is 0 Å². The van der Waals surface area contributed by atoms with Crippen molar-refractivity contribution in [1.29, 1.82) is 0 Å². The van der Waals surface area contributed by atoms with Crippen molar-refractivity contribution in [3.8, 4) is 0 Å². The van der Waals surface area contributed by atoms with Gasteiger partial charge in [-0.1, -0.05) is 37.3 Å². The Morgan fingerprint density at radius 2 is 2.00 bits per heavy atom. The van der Waals surface area contributed by atoms with Crippen LogP contribution in [0.3, 0.4) is 0 Å². The van der Waals surface area contributed by atoms with Gasteiger partial charge in [0, 0.05) is 17.5 Å². The van der Waals surface area contributed by atoms with Crippen molar-refractivity contribution < 1.29 is 9.59 Å². The average Bonchev–Trinajstić information content (AvgIpc) is 3.28. The van der Waals surface area contributed by atoms with E-state index in [0.717, 1.165) is 6.42 Å². The van der Waals surface area contributed by atoms with Crippen LogP contribution in [0, 0.1) is 5.92 Å². The van der Waals surface area contributed by atoms with Crippen LogP contribution < -0.4 is 10.6 Å². The number of hydrogen-bond donors (Lipinski definition) is 2. The number of benzene rings is 1. The standard InChI is InChI=1S/C18H19N3O2/c1-18(13-6-3-2-4-7-13)10-15(18)17(23)20-12-16(22)21-14-8-5-9-19-11-14/h2-9,11,15H,10,12H2,1H3,(H,20,23)(H,21,22). The molecule has 5 heteroatoms. The third-order valence-corrected chi connectivity index (χ3v) is 4.36. The largest absolute Gasteiger partial charge is 0.347 e. The number of nitrogens with one attached hydrogen (secondary N) is 2. The lowest BCUT2D eigenvalue weighted by molar-refractivity contribution is -0.125. The topological polar surface area (TPSA) is 71.1 Å². The number of carbonyl (C=O) groups is 2. The first-order valence-corrected chi connectivity index (χ1v) is 7.63. The van der Waals surface area contributed by atoms with Gasteiger partial charge in [-0.3, -0.25) is 14.6 Å². The number of carbonyl (C=O) groups excluding carboxylic acids is 2. The van der Waals surface area contributed by atoms with Crippen molar-refractivity contribution in [3.05, 3.63) is 60.4 Å². The molecule has 1 aliphatic rings. The van der Waals surface area contributed by atoms with E-state index in [1.165, 1.54) is 5.56 Å². The van der Waals surface area contributed by atoms with E-state index in [9.17, 15) is 9.59 Å². The molecule has 1 aromatic carbocycles. The summed E-state index contributed by atoms with van der Waals surface area (Å²) in [6.45, 7) is 2.05. The minimum atomic E-state index is -0.256. The molecule has 1 aromatic heterocycles. The van der Waals surface area contributed by atoms with Crippen LogP contribution in [0.25, 0.3) is 0 Å². The maximum atomic E-state index is 12.2. The SMILES string of the molecule is CC1(c2ccccc2)CC1C(=O)NCC(=O)Nc1cccnc1. The fourth-order valence-electron chi connectivity index (χ4n) is 2.82. The number of aromatic nitrogens is 1. The molecule has 1 fully saturated rings. The zero-order valence-electron chi connectivity index (χ0n) is 13.0. The van der Waals surface area contributed by atoms with E-state index in [-0.39, 0.29) is 29.7 Å². The van der Waals surface area contributed by atoms with Crippen molar-refractivity contribution in [3.63, 3.8) is 0 Å². The van der Waals surface area contributed by atoms with E-state index < -0.39 is 0 Å². The molecular weight excluding hydrogens is 290 g/mol. The van der Waals surface area contributed by atoms with Crippen LogP contribution in [-0.4, -0.2) is 23.3 Å². The first-order valence-electron chi connectivity index (χ1n) is 7.63. The maximum Gasteiger partial charge on any atom is 0.243 e. The molecule has 2 atom stereocenters. The third kappa shape index (κ3) is 3.39. The van der Waals surface area contributed by atoms with Crippen LogP contribution in [-0.2, 0) is 15.0 Å². The van der Waals surface area contributed by atoms with Crippen molar-refractivity contribution in [2.75, 3.05) is 11.9 Å². The van der Waals surface area contributed by atoms with Gasteiger partial charge in [-0.2, -0.15) is 0 Å². The van der Waals surface area contributed by atoms with Gasteiger partial charge in [0.2, 0.25) is 11.8 Å². The number of nitrogens with zero attached hydrogens (tertiary/aromatic N) is 1. The molecule has 0 aliphatic heterocycles. The van der Waals surface area contributed by atoms with Gasteiger partial charge in [0.1, 0.15) is 0 Å². The summed E-state index contributed by atoms with van der Waals surface area (Å²) in [5.41, 5.74) is 1.66. The minimum Gasteiger partial charge on any atom is -0.347 e. The van der Waals surface area contributed by atoms with Crippen molar-refractivity contribution >= 4 is 17.5 Å². The molecule has 2 aromatic rings. The fraction of sp³-hybridized carbons (Fsp3) is 0.278. The van der Waals surface area contributed by atoms with Gasteiger partial charge in [0.25, 0.3) is 0 Å². The Balaban J connectivity index is 1.50. The number of anilines is 1. The fourth-order valence-corrected chi connectivity index (χ4v) is 2.82. The number of hydrogen-bond acceptors (Lipinski definition) is 3. The Bertz CT molecular complexity index is 703. The molecule has 1 heterocycles. The van der Waals surface area contributed by atoms with E-state index >= 15 is 0 Å². The normalized spacial score (nSPS) is 22.2. The average molecular weight is 309 g/mol. The highest BCUT2D eigenvalue weighted by Gasteiger charge is 2.55. The first kappa shape index (κ1) is 15.2. The van der Waals surface area contributed by atoms with Crippen LogP contribution >= 0.6 is 0 Å². The predicted octanol–water partition coefficient (Wildman–Crippen LogP) is 2.11. The first-order chi connectivity index (χ1) is 11.1. The summed E-state index contributed by atoms with van der Waals surface area (Å²) in [6, 6.07) is 13.5. The van der Waals surface area contributed by atoms with Gasteiger partial charge in [0.05, 0.1) is 18.4 Å². The highest BCUT2D eigenvalue weighted by atomic mass is 16.2. The molecule has 118 valence electrons. The smallest absolute Gasteiger partial charge is 0.243 e. The Morgan fingerprint density at radius 3 is 2.70 bits per heavy atom. The van der Waals surface area contributed by atoms with Gasteiger partial charge in [-0.15, -0.1) is 0 Å². The van der Waals surface area contributed by atoms with Crippen molar-refractivity contribution in [2.45, 2.75) is 18.8 Å². The zero-order chi connectivity index (χ0) is 16.3. The Morgan fingerprint density at radius 1 is 1.22 bits per heavy atom. The molecule has 1 aliphatic carbocycles. The number of rotatable bonds is 5. The molecule has 0 saturated heterocycles. The van der Waals surface area contributed by atoms with Gasteiger partial charge in [0.15, 0.2) is 0 Å². The van der Waals surface area contributed by atoms with Gasteiger partial charge in [-0.25, -0.2) is 0 Å². The van der Waals surface area contributed by atoms with Crippen LogP contribution in [0.1, 0.15) is 18.9 Å².